The van der Waals surface area contributed by atoms with Crippen LogP contribution < -0.4 is 0 Å². The highest BCUT2D eigenvalue weighted by Gasteiger charge is 2.11. The van der Waals surface area contributed by atoms with Gasteiger partial charge in [-0.2, -0.15) is 0 Å². The van der Waals surface area contributed by atoms with Gasteiger partial charge in [0.15, 0.2) is 0 Å². The average Bonchev–Trinajstić information content (AvgIpc) is 2.80. The predicted octanol–water partition coefficient (Wildman–Crippen LogP) is 3.43. The Morgan fingerprint density at radius 2 is 2.00 bits per heavy atom. The summed E-state index contributed by atoms with van der Waals surface area (Å²) in [5.41, 5.74) is 2.58. The standard InChI is InChI=1S/C14H14O3/c1-3-16-14(15)12-8-13(17-9-12)11-6-4-10(2)5-7-11/h4-9H,3H2,1-2H3. The normalized spacial score (nSPS) is 10.2. The number of ether oxygens (including phenoxy) is 1. The van der Waals surface area contributed by atoms with Gasteiger partial charge in [0.05, 0.1) is 12.2 Å². The maximum atomic E-state index is 11.5. The molecule has 0 saturated carbocycles. The largest absolute Gasteiger partial charge is 0.463 e. The summed E-state index contributed by atoms with van der Waals surface area (Å²) < 4.78 is 10.3. The summed E-state index contributed by atoms with van der Waals surface area (Å²) in [5.74, 6) is 0.322. The predicted molar refractivity (Wildman–Crippen MR) is 64.8 cm³/mol. The highest BCUT2D eigenvalue weighted by molar-refractivity contribution is 5.90. The lowest BCUT2D eigenvalue weighted by Gasteiger charge is -1.97. The van der Waals surface area contributed by atoms with Gasteiger partial charge in [0.1, 0.15) is 12.0 Å². The van der Waals surface area contributed by atoms with Gasteiger partial charge in [0, 0.05) is 5.56 Å². The van der Waals surface area contributed by atoms with Gasteiger partial charge in [0.2, 0.25) is 0 Å². The van der Waals surface area contributed by atoms with Crippen LogP contribution >= 0.6 is 0 Å². The number of hydrogen-bond acceptors (Lipinski definition) is 3. The van der Waals surface area contributed by atoms with E-state index >= 15 is 0 Å². The van der Waals surface area contributed by atoms with Gasteiger partial charge >= 0.3 is 5.97 Å². The molecule has 0 aliphatic carbocycles. The summed E-state index contributed by atoms with van der Waals surface area (Å²) >= 11 is 0. The molecule has 0 aliphatic rings. The van der Waals surface area contributed by atoms with E-state index in [9.17, 15) is 4.79 Å². The fraction of sp³-hybridized carbons (Fsp3) is 0.214. The Bertz CT molecular complexity index is 509. The zero-order valence-electron chi connectivity index (χ0n) is 9.90. The summed E-state index contributed by atoms with van der Waals surface area (Å²) in [7, 11) is 0. The van der Waals surface area contributed by atoms with Crippen LogP contribution in [0.1, 0.15) is 22.8 Å². The van der Waals surface area contributed by atoms with Crippen molar-refractivity contribution < 1.29 is 13.9 Å². The van der Waals surface area contributed by atoms with Crippen molar-refractivity contribution in [1.82, 2.24) is 0 Å². The summed E-state index contributed by atoms with van der Waals surface area (Å²) in [5, 5.41) is 0. The highest BCUT2D eigenvalue weighted by Crippen LogP contribution is 2.22. The third-order valence-corrected chi connectivity index (χ3v) is 2.45. The van der Waals surface area contributed by atoms with Crippen molar-refractivity contribution in [2.24, 2.45) is 0 Å². The first-order valence-electron chi connectivity index (χ1n) is 5.53. The van der Waals surface area contributed by atoms with Gasteiger partial charge in [0.25, 0.3) is 0 Å². The highest BCUT2D eigenvalue weighted by atomic mass is 16.5. The van der Waals surface area contributed by atoms with E-state index in [-0.39, 0.29) is 5.97 Å². The fourth-order valence-corrected chi connectivity index (χ4v) is 1.53. The quantitative estimate of drug-likeness (QED) is 0.758. The van der Waals surface area contributed by atoms with E-state index in [1.807, 2.05) is 31.2 Å². The SMILES string of the molecule is CCOC(=O)c1coc(-c2ccc(C)cc2)c1. The molecule has 3 nitrogen and oxygen atoms in total. The number of aryl methyl sites for hydroxylation is 1. The topological polar surface area (TPSA) is 39.4 Å². The molecule has 2 rings (SSSR count). The van der Waals surface area contributed by atoms with Gasteiger partial charge in [-0.3, -0.25) is 0 Å². The first kappa shape index (κ1) is 11.5. The van der Waals surface area contributed by atoms with Gasteiger partial charge in [-0.25, -0.2) is 4.79 Å². The van der Waals surface area contributed by atoms with E-state index in [1.165, 1.54) is 11.8 Å². The first-order valence-corrected chi connectivity index (χ1v) is 5.53. The van der Waals surface area contributed by atoms with E-state index in [1.54, 1.807) is 13.0 Å². The molecule has 0 radical (unpaired) electrons. The van der Waals surface area contributed by atoms with Gasteiger partial charge in [-0.15, -0.1) is 0 Å². The Hall–Kier alpha value is -2.03. The first-order chi connectivity index (χ1) is 8.20. The summed E-state index contributed by atoms with van der Waals surface area (Å²) in [4.78, 5) is 11.5. The molecule has 1 aromatic heterocycles. The second-order valence-electron chi connectivity index (χ2n) is 3.79. The molecule has 0 saturated heterocycles. The van der Waals surface area contributed by atoms with Crippen LogP contribution in [0.3, 0.4) is 0 Å². The Kier molecular flexibility index (Phi) is 3.28. The van der Waals surface area contributed by atoms with Crippen LogP contribution in [0.4, 0.5) is 0 Å². The number of carbonyl (C=O) groups is 1. The molecule has 0 aliphatic heterocycles. The third kappa shape index (κ3) is 2.56. The minimum atomic E-state index is -0.352. The van der Waals surface area contributed by atoms with Crippen molar-refractivity contribution in [2.75, 3.05) is 6.61 Å². The Morgan fingerprint density at radius 1 is 1.29 bits per heavy atom. The van der Waals surface area contributed by atoms with Crippen LogP contribution in [0.15, 0.2) is 41.0 Å². The monoisotopic (exact) mass is 230 g/mol. The average molecular weight is 230 g/mol. The van der Waals surface area contributed by atoms with Crippen LogP contribution in [-0.4, -0.2) is 12.6 Å². The second-order valence-corrected chi connectivity index (χ2v) is 3.79. The molecule has 1 heterocycles. The maximum Gasteiger partial charge on any atom is 0.341 e. The molecule has 0 atom stereocenters. The molecule has 0 spiro atoms. The zero-order chi connectivity index (χ0) is 12.3. The lowest BCUT2D eigenvalue weighted by Crippen LogP contribution is -2.02. The molecular weight excluding hydrogens is 216 g/mol. The lowest BCUT2D eigenvalue weighted by molar-refractivity contribution is 0.0525. The minimum absolute atomic E-state index is 0.352. The smallest absolute Gasteiger partial charge is 0.341 e. The van der Waals surface area contributed by atoms with Gasteiger partial charge < -0.3 is 9.15 Å². The third-order valence-electron chi connectivity index (χ3n) is 2.45. The summed E-state index contributed by atoms with van der Waals surface area (Å²) in [6.45, 7) is 4.17. The fourth-order valence-electron chi connectivity index (χ4n) is 1.53. The molecule has 0 fully saturated rings. The lowest BCUT2D eigenvalue weighted by atomic mass is 10.1. The number of hydrogen-bond donors (Lipinski definition) is 0. The van der Waals surface area contributed by atoms with Crippen LogP contribution in [0, 0.1) is 6.92 Å². The number of furan rings is 1. The molecule has 0 unspecified atom stereocenters. The molecule has 1 aromatic carbocycles. The van der Waals surface area contributed by atoms with Gasteiger partial charge in [-0.05, 0) is 19.9 Å². The molecular formula is C14H14O3. The van der Waals surface area contributed by atoms with Crippen LogP contribution in [-0.2, 0) is 4.74 Å². The zero-order valence-corrected chi connectivity index (χ0v) is 9.90. The number of esters is 1. The van der Waals surface area contributed by atoms with Crippen molar-refractivity contribution >= 4 is 5.97 Å². The Balaban J connectivity index is 2.23. The van der Waals surface area contributed by atoms with Gasteiger partial charge in [-0.1, -0.05) is 29.8 Å². The minimum Gasteiger partial charge on any atom is -0.463 e. The van der Waals surface area contributed by atoms with E-state index in [0.29, 0.717) is 17.9 Å². The van der Waals surface area contributed by atoms with E-state index < -0.39 is 0 Å². The maximum absolute atomic E-state index is 11.5. The van der Waals surface area contributed by atoms with Crippen molar-refractivity contribution in [3.05, 3.63) is 47.7 Å². The van der Waals surface area contributed by atoms with E-state index in [0.717, 1.165) is 5.56 Å². The second kappa shape index (κ2) is 4.87. The van der Waals surface area contributed by atoms with Crippen molar-refractivity contribution in [1.29, 1.82) is 0 Å². The molecule has 88 valence electrons. The Morgan fingerprint density at radius 3 is 2.65 bits per heavy atom. The number of carbonyl (C=O) groups excluding carboxylic acids is 1. The molecule has 2 aromatic rings. The summed E-state index contributed by atoms with van der Waals surface area (Å²) in [6.07, 6.45) is 1.42. The molecule has 0 N–H and O–H groups in total. The number of benzene rings is 1. The van der Waals surface area contributed by atoms with E-state index in [4.69, 9.17) is 9.15 Å². The van der Waals surface area contributed by atoms with Crippen molar-refractivity contribution in [3.63, 3.8) is 0 Å². The Labute approximate surface area is 100 Å². The number of rotatable bonds is 3. The van der Waals surface area contributed by atoms with Crippen LogP contribution in [0.5, 0.6) is 0 Å². The van der Waals surface area contributed by atoms with Crippen molar-refractivity contribution in [3.8, 4) is 11.3 Å². The molecule has 3 heteroatoms. The molecule has 0 amide bonds. The van der Waals surface area contributed by atoms with Crippen LogP contribution in [0.25, 0.3) is 11.3 Å². The molecule has 0 bridgehead atoms. The molecule has 17 heavy (non-hydrogen) atoms. The summed E-state index contributed by atoms with van der Waals surface area (Å²) in [6, 6.07) is 9.62. The van der Waals surface area contributed by atoms with Crippen LogP contribution in [0.2, 0.25) is 0 Å². The van der Waals surface area contributed by atoms with Crippen molar-refractivity contribution in [2.45, 2.75) is 13.8 Å². The van der Waals surface area contributed by atoms with E-state index in [2.05, 4.69) is 0 Å².